The van der Waals surface area contributed by atoms with Gasteiger partial charge in [0, 0.05) is 20.0 Å². The van der Waals surface area contributed by atoms with Crippen LogP contribution in [0.15, 0.2) is 9.64 Å². The summed E-state index contributed by atoms with van der Waals surface area (Å²) < 4.78 is 5.44. The number of carbonyl (C=O) groups is 1. The third-order valence-corrected chi connectivity index (χ3v) is 3.17. The molecule has 1 aromatic rings. The van der Waals surface area contributed by atoms with Crippen LogP contribution >= 0.6 is 11.8 Å². The molecule has 0 bridgehead atoms. The van der Waals surface area contributed by atoms with Crippen molar-refractivity contribution in [2.45, 2.75) is 25.1 Å². The minimum Gasteiger partial charge on any atom is -0.410 e. The predicted molar refractivity (Wildman–Crippen MR) is 64.2 cm³/mol. The number of thioether (sulfide) groups is 1. The van der Waals surface area contributed by atoms with Crippen LogP contribution in [0.4, 0.5) is 0 Å². The van der Waals surface area contributed by atoms with Crippen LogP contribution in [-0.2, 0) is 4.79 Å². The SMILES string of the molecule is CC(C)[C@H]([NH3+])c1nnc(SCC(=O)N(C)C)o1. The van der Waals surface area contributed by atoms with Gasteiger partial charge < -0.3 is 15.1 Å². The fourth-order valence-electron chi connectivity index (χ4n) is 0.966. The van der Waals surface area contributed by atoms with E-state index in [1.54, 1.807) is 14.1 Å². The van der Waals surface area contributed by atoms with E-state index < -0.39 is 0 Å². The van der Waals surface area contributed by atoms with Crippen molar-refractivity contribution in [3.63, 3.8) is 0 Å². The lowest BCUT2D eigenvalue weighted by Gasteiger charge is -2.08. The van der Waals surface area contributed by atoms with Crippen LogP contribution in [0.1, 0.15) is 25.8 Å². The molecule has 1 atom stereocenters. The highest BCUT2D eigenvalue weighted by Crippen LogP contribution is 2.21. The molecule has 0 aromatic carbocycles. The Bertz CT molecular complexity index is 378. The Morgan fingerprint density at radius 2 is 2.12 bits per heavy atom. The molecule has 0 unspecified atom stereocenters. The third kappa shape index (κ3) is 4.01. The maximum atomic E-state index is 11.4. The van der Waals surface area contributed by atoms with Crippen molar-refractivity contribution in [1.29, 1.82) is 0 Å². The molecule has 0 aliphatic rings. The van der Waals surface area contributed by atoms with E-state index in [2.05, 4.69) is 15.9 Å². The molecule has 0 saturated heterocycles. The average Bonchev–Trinajstić information content (AvgIpc) is 2.72. The molecule has 0 radical (unpaired) electrons. The van der Waals surface area contributed by atoms with Gasteiger partial charge in [0.05, 0.1) is 5.75 Å². The first-order valence-electron chi connectivity index (χ1n) is 5.41. The first-order chi connectivity index (χ1) is 7.91. The topological polar surface area (TPSA) is 86.9 Å². The van der Waals surface area contributed by atoms with Gasteiger partial charge >= 0.3 is 0 Å². The molecular formula is C10H19N4O2S+. The van der Waals surface area contributed by atoms with Crippen LogP contribution in [0.3, 0.4) is 0 Å². The van der Waals surface area contributed by atoms with Gasteiger partial charge in [0.15, 0.2) is 6.04 Å². The van der Waals surface area contributed by atoms with Crippen molar-refractivity contribution in [2.24, 2.45) is 5.92 Å². The van der Waals surface area contributed by atoms with E-state index >= 15 is 0 Å². The fraction of sp³-hybridized carbons (Fsp3) is 0.700. The predicted octanol–water partition coefficient (Wildman–Crippen LogP) is 0.189. The van der Waals surface area contributed by atoms with Gasteiger partial charge in [-0.15, -0.1) is 10.2 Å². The molecular weight excluding hydrogens is 240 g/mol. The van der Waals surface area contributed by atoms with E-state index in [4.69, 9.17) is 4.42 Å². The summed E-state index contributed by atoms with van der Waals surface area (Å²) in [5.74, 6) is 1.19. The zero-order valence-corrected chi connectivity index (χ0v) is 11.5. The number of aromatic nitrogens is 2. The fourth-order valence-corrected chi connectivity index (χ4v) is 1.71. The first kappa shape index (κ1) is 14.0. The number of amides is 1. The molecule has 0 aliphatic heterocycles. The van der Waals surface area contributed by atoms with Gasteiger partial charge in [-0.2, -0.15) is 0 Å². The molecule has 0 fully saturated rings. The van der Waals surface area contributed by atoms with Gasteiger partial charge in [-0.1, -0.05) is 25.6 Å². The van der Waals surface area contributed by atoms with Gasteiger partial charge in [0.25, 0.3) is 11.1 Å². The molecule has 1 aromatic heterocycles. The van der Waals surface area contributed by atoms with Crippen LogP contribution in [0.5, 0.6) is 0 Å². The number of hydrogen-bond donors (Lipinski definition) is 1. The monoisotopic (exact) mass is 259 g/mol. The largest absolute Gasteiger partial charge is 0.410 e. The van der Waals surface area contributed by atoms with E-state index in [1.165, 1.54) is 16.7 Å². The van der Waals surface area contributed by atoms with Crippen molar-refractivity contribution < 1.29 is 14.9 Å². The minimum atomic E-state index is -0.0126. The summed E-state index contributed by atoms with van der Waals surface area (Å²) >= 11 is 1.25. The highest BCUT2D eigenvalue weighted by molar-refractivity contribution is 7.99. The first-order valence-corrected chi connectivity index (χ1v) is 6.39. The lowest BCUT2D eigenvalue weighted by atomic mass is 10.1. The average molecular weight is 259 g/mol. The second kappa shape index (κ2) is 6.02. The number of rotatable bonds is 5. The Balaban J connectivity index is 2.54. The summed E-state index contributed by atoms with van der Waals surface area (Å²) in [6.07, 6.45) is 0. The Morgan fingerprint density at radius 3 is 2.65 bits per heavy atom. The Hall–Kier alpha value is -1.08. The Labute approximate surface area is 105 Å². The lowest BCUT2D eigenvalue weighted by Crippen LogP contribution is -2.56. The molecule has 96 valence electrons. The van der Waals surface area contributed by atoms with Crippen molar-refractivity contribution in [3.05, 3.63) is 5.89 Å². The van der Waals surface area contributed by atoms with Crippen molar-refractivity contribution >= 4 is 17.7 Å². The quantitative estimate of drug-likeness (QED) is 0.763. The highest BCUT2D eigenvalue weighted by atomic mass is 32.2. The van der Waals surface area contributed by atoms with E-state index in [9.17, 15) is 4.79 Å². The molecule has 3 N–H and O–H groups in total. The molecule has 0 saturated carbocycles. The van der Waals surface area contributed by atoms with Crippen molar-refractivity contribution in [1.82, 2.24) is 15.1 Å². The van der Waals surface area contributed by atoms with Crippen LogP contribution in [0.2, 0.25) is 0 Å². The van der Waals surface area contributed by atoms with Crippen molar-refractivity contribution in [3.8, 4) is 0 Å². The van der Waals surface area contributed by atoms with Crippen molar-refractivity contribution in [2.75, 3.05) is 19.8 Å². The van der Waals surface area contributed by atoms with Crippen LogP contribution in [0.25, 0.3) is 0 Å². The Morgan fingerprint density at radius 1 is 1.47 bits per heavy atom. The van der Waals surface area contributed by atoms with Gasteiger partial charge in [-0.05, 0) is 0 Å². The van der Waals surface area contributed by atoms with E-state index in [-0.39, 0.29) is 11.9 Å². The van der Waals surface area contributed by atoms with E-state index in [0.29, 0.717) is 22.8 Å². The second-order valence-corrected chi connectivity index (χ2v) is 5.26. The summed E-state index contributed by atoms with van der Waals surface area (Å²) in [6.45, 7) is 4.09. The zero-order valence-electron chi connectivity index (χ0n) is 10.6. The van der Waals surface area contributed by atoms with Gasteiger partial charge in [-0.3, -0.25) is 4.79 Å². The summed E-state index contributed by atoms with van der Waals surface area (Å²) in [4.78, 5) is 12.9. The molecule has 7 heteroatoms. The van der Waals surface area contributed by atoms with Crippen LogP contribution < -0.4 is 5.73 Å². The molecule has 6 nitrogen and oxygen atoms in total. The smallest absolute Gasteiger partial charge is 0.277 e. The maximum absolute atomic E-state index is 11.4. The molecule has 1 heterocycles. The normalized spacial score (nSPS) is 12.8. The summed E-state index contributed by atoms with van der Waals surface area (Å²) in [5, 5.41) is 8.24. The summed E-state index contributed by atoms with van der Waals surface area (Å²) in [7, 11) is 3.43. The number of hydrogen-bond acceptors (Lipinski definition) is 5. The number of quaternary nitrogens is 1. The number of nitrogens with zero attached hydrogens (tertiary/aromatic N) is 3. The van der Waals surface area contributed by atoms with Gasteiger partial charge in [-0.25, -0.2) is 0 Å². The maximum Gasteiger partial charge on any atom is 0.277 e. The summed E-state index contributed by atoms with van der Waals surface area (Å²) in [5.41, 5.74) is 3.96. The van der Waals surface area contributed by atoms with Crippen LogP contribution in [-0.4, -0.2) is 40.9 Å². The van der Waals surface area contributed by atoms with Gasteiger partial charge in [0.2, 0.25) is 5.91 Å². The second-order valence-electron chi connectivity index (χ2n) is 4.33. The standard InChI is InChI=1S/C10H18N4O2S/c1-6(2)8(11)9-12-13-10(16-9)17-5-7(15)14(3)4/h6,8H,5,11H2,1-4H3/p+1/t8-/m0/s1. The molecule has 17 heavy (non-hydrogen) atoms. The summed E-state index contributed by atoms with van der Waals surface area (Å²) in [6, 6.07) is -0.0126. The third-order valence-electron chi connectivity index (χ3n) is 2.36. The number of carbonyl (C=O) groups excluding carboxylic acids is 1. The van der Waals surface area contributed by atoms with Crippen LogP contribution in [0, 0.1) is 5.92 Å². The molecule has 0 spiro atoms. The van der Waals surface area contributed by atoms with E-state index in [1.807, 2.05) is 13.8 Å². The Kier molecular flexibility index (Phi) is 4.95. The molecule has 0 aliphatic carbocycles. The zero-order chi connectivity index (χ0) is 13.0. The molecule has 1 amide bonds. The highest BCUT2D eigenvalue weighted by Gasteiger charge is 2.21. The van der Waals surface area contributed by atoms with Gasteiger partial charge in [0.1, 0.15) is 0 Å². The molecule has 1 rings (SSSR count). The lowest BCUT2D eigenvalue weighted by molar-refractivity contribution is -0.443. The van der Waals surface area contributed by atoms with E-state index in [0.717, 1.165) is 0 Å². The minimum absolute atomic E-state index is 0.0126.